The summed E-state index contributed by atoms with van der Waals surface area (Å²) in [4.78, 5) is 2.33. The van der Waals surface area contributed by atoms with Crippen molar-refractivity contribution >= 4 is 0 Å². The third-order valence-corrected chi connectivity index (χ3v) is 4.83. The van der Waals surface area contributed by atoms with Crippen molar-refractivity contribution in [3.63, 3.8) is 0 Å². The second-order valence-electron chi connectivity index (χ2n) is 6.30. The molecule has 3 rings (SSSR count). The molecule has 0 spiro atoms. The van der Waals surface area contributed by atoms with Gasteiger partial charge in [-0.15, -0.1) is 0 Å². The molecule has 1 aliphatic heterocycles. The number of morpholine rings is 1. The lowest BCUT2D eigenvalue weighted by Gasteiger charge is -2.34. The molecule has 1 aliphatic carbocycles. The van der Waals surface area contributed by atoms with Gasteiger partial charge in [0.05, 0.1) is 30.6 Å². The van der Waals surface area contributed by atoms with Gasteiger partial charge in [-0.3, -0.25) is 9.58 Å². The van der Waals surface area contributed by atoms with E-state index in [0.29, 0.717) is 19.1 Å². The Bertz CT molecular complexity index is 442. The van der Waals surface area contributed by atoms with E-state index in [0.717, 1.165) is 25.3 Å². The third-order valence-electron chi connectivity index (χ3n) is 4.83. The van der Waals surface area contributed by atoms with Crippen LogP contribution in [0.4, 0.5) is 0 Å². The topological polar surface area (TPSA) is 50.5 Å². The second kappa shape index (κ2) is 6.90. The minimum atomic E-state index is -0.466. The molecule has 2 unspecified atom stereocenters. The van der Waals surface area contributed by atoms with Gasteiger partial charge in [-0.25, -0.2) is 0 Å². The Morgan fingerprint density at radius 1 is 1.43 bits per heavy atom. The quantitative estimate of drug-likeness (QED) is 0.896. The predicted octanol–water partition coefficient (Wildman–Crippen LogP) is 1.62. The lowest BCUT2D eigenvalue weighted by Crippen LogP contribution is -2.48. The molecule has 21 heavy (non-hydrogen) atoms. The fourth-order valence-electron chi connectivity index (χ4n) is 3.46. The lowest BCUT2D eigenvalue weighted by molar-refractivity contribution is -0.0870. The van der Waals surface area contributed by atoms with Gasteiger partial charge in [0.15, 0.2) is 0 Å². The molecule has 2 aliphatic rings. The SMILES string of the molecule is CCN1CCOC(C(O)Cc2ccn(C3CCCC3)n2)C1. The Morgan fingerprint density at radius 3 is 3.00 bits per heavy atom. The van der Waals surface area contributed by atoms with Crippen LogP contribution in [0, 0.1) is 0 Å². The van der Waals surface area contributed by atoms with Crippen LogP contribution in [0.2, 0.25) is 0 Å². The van der Waals surface area contributed by atoms with E-state index in [9.17, 15) is 5.11 Å². The fourth-order valence-corrected chi connectivity index (χ4v) is 3.46. The summed E-state index contributed by atoms with van der Waals surface area (Å²) in [6.07, 6.45) is 7.19. The van der Waals surface area contributed by atoms with Crippen molar-refractivity contribution < 1.29 is 9.84 Å². The molecule has 1 N–H and O–H groups in total. The highest BCUT2D eigenvalue weighted by Gasteiger charge is 2.27. The molecule has 0 aromatic carbocycles. The zero-order valence-corrected chi connectivity index (χ0v) is 12.9. The highest BCUT2D eigenvalue weighted by Crippen LogP contribution is 2.28. The van der Waals surface area contributed by atoms with Crippen LogP contribution in [0.15, 0.2) is 12.3 Å². The predicted molar refractivity (Wildman–Crippen MR) is 81.3 cm³/mol. The number of aliphatic hydroxyl groups is 1. The van der Waals surface area contributed by atoms with Crippen LogP contribution in [-0.4, -0.2) is 58.2 Å². The summed E-state index contributed by atoms with van der Waals surface area (Å²) < 4.78 is 7.82. The van der Waals surface area contributed by atoms with E-state index < -0.39 is 6.10 Å². The number of rotatable bonds is 5. The van der Waals surface area contributed by atoms with Crippen molar-refractivity contribution in [1.29, 1.82) is 0 Å². The average Bonchev–Trinajstić information content (AvgIpc) is 3.18. The van der Waals surface area contributed by atoms with Gasteiger partial charge in [0.1, 0.15) is 0 Å². The Balaban J connectivity index is 1.55. The normalized spacial score (nSPS) is 26.3. The first kappa shape index (κ1) is 15.0. The molecule has 1 saturated carbocycles. The molecule has 5 heteroatoms. The standard InChI is InChI=1S/C16H27N3O2/c1-2-18-9-10-21-16(12-18)15(20)11-13-7-8-19(17-13)14-5-3-4-6-14/h7-8,14-16,20H,2-6,9-12H2,1H3. The third kappa shape index (κ3) is 3.65. The molecule has 5 nitrogen and oxygen atoms in total. The molecule has 2 fully saturated rings. The monoisotopic (exact) mass is 293 g/mol. The van der Waals surface area contributed by atoms with E-state index >= 15 is 0 Å². The van der Waals surface area contributed by atoms with E-state index in [1.807, 2.05) is 6.07 Å². The van der Waals surface area contributed by atoms with Crippen LogP contribution in [-0.2, 0) is 11.2 Å². The van der Waals surface area contributed by atoms with Crippen LogP contribution >= 0.6 is 0 Å². The fraction of sp³-hybridized carbons (Fsp3) is 0.812. The molecule has 0 radical (unpaired) electrons. The Morgan fingerprint density at radius 2 is 2.24 bits per heavy atom. The Hall–Kier alpha value is -0.910. The zero-order chi connectivity index (χ0) is 14.7. The van der Waals surface area contributed by atoms with E-state index in [1.165, 1.54) is 25.7 Å². The first-order valence-corrected chi connectivity index (χ1v) is 8.32. The van der Waals surface area contributed by atoms with Crippen molar-refractivity contribution in [2.45, 2.75) is 57.3 Å². The van der Waals surface area contributed by atoms with Gasteiger partial charge in [0.2, 0.25) is 0 Å². The van der Waals surface area contributed by atoms with Gasteiger partial charge < -0.3 is 9.84 Å². The summed E-state index contributed by atoms with van der Waals surface area (Å²) in [5.41, 5.74) is 0.978. The van der Waals surface area contributed by atoms with Crippen LogP contribution in [0.1, 0.15) is 44.3 Å². The van der Waals surface area contributed by atoms with Gasteiger partial charge in [0.25, 0.3) is 0 Å². The number of likely N-dealkylation sites (N-methyl/N-ethyl adjacent to an activating group) is 1. The zero-order valence-electron chi connectivity index (χ0n) is 12.9. The minimum Gasteiger partial charge on any atom is -0.390 e. The molecular weight excluding hydrogens is 266 g/mol. The molecule has 118 valence electrons. The summed E-state index contributed by atoms with van der Waals surface area (Å²) in [5.74, 6) is 0. The maximum atomic E-state index is 10.4. The van der Waals surface area contributed by atoms with Crippen molar-refractivity contribution in [3.8, 4) is 0 Å². The second-order valence-corrected chi connectivity index (χ2v) is 6.30. The largest absolute Gasteiger partial charge is 0.390 e. The molecule has 2 heterocycles. The number of aromatic nitrogens is 2. The maximum absolute atomic E-state index is 10.4. The number of hydrogen-bond acceptors (Lipinski definition) is 4. The van der Waals surface area contributed by atoms with E-state index in [-0.39, 0.29) is 6.10 Å². The highest BCUT2D eigenvalue weighted by atomic mass is 16.5. The minimum absolute atomic E-state index is 0.0877. The first-order chi connectivity index (χ1) is 10.3. The summed E-state index contributed by atoms with van der Waals surface area (Å²) in [6.45, 7) is 5.67. The molecule has 1 aromatic rings. The highest BCUT2D eigenvalue weighted by molar-refractivity contribution is 5.03. The summed E-state index contributed by atoms with van der Waals surface area (Å²) in [6, 6.07) is 2.61. The Kier molecular flexibility index (Phi) is 4.93. The van der Waals surface area contributed by atoms with Crippen LogP contribution in [0.5, 0.6) is 0 Å². The van der Waals surface area contributed by atoms with Crippen molar-refractivity contribution in [2.24, 2.45) is 0 Å². The lowest BCUT2D eigenvalue weighted by atomic mass is 10.1. The van der Waals surface area contributed by atoms with Gasteiger partial charge in [0, 0.05) is 25.7 Å². The summed E-state index contributed by atoms with van der Waals surface area (Å²) in [7, 11) is 0. The van der Waals surface area contributed by atoms with Crippen molar-refractivity contribution in [2.75, 3.05) is 26.2 Å². The average molecular weight is 293 g/mol. The smallest absolute Gasteiger partial charge is 0.0964 e. The molecular formula is C16H27N3O2. The molecule has 1 saturated heterocycles. The van der Waals surface area contributed by atoms with Crippen LogP contribution < -0.4 is 0 Å². The first-order valence-electron chi connectivity index (χ1n) is 8.32. The maximum Gasteiger partial charge on any atom is 0.0964 e. The molecule has 2 atom stereocenters. The van der Waals surface area contributed by atoms with Gasteiger partial charge in [-0.2, -0.15) is 5.10 Å². The molecule has 0 bridgehead atoms. The number of aliphatic hydroxyl groups excluding tert-OH is 1. The van der Waals surface area contributed by atoms with E-state index in [4.69, 9.17) is 4.74 Å². The van der Waals surface area contributed by atoms with Crippen LogP contribution in [0.25, 0.3) is 0 Å². The van der Waals surface area contributed by atoms with Crippen molar-refractivity contribution in [3.05, 3.63) is 18.0 Å². The number of ether oxygens (including phenoxy) is 1. The van der Waals surface area contributed by atoms with Crippen LogP contribution in [0.3, 0.4) is 0 Å². The van der Waals surface area contributed by atoms with Gasteiger partial charge in [-0.1, -0.05) is 19.8 Å². The van der Waals surface area contributed by atoms with Crippen molar-refractivity contribution in [1.82, 2.24) is 14.7 Å². The van der Waals surface area contributed by atoms with Gasteiger partial charge >= 0.3 is 0 Å². The van der Waals surface area contributed by atoms with E-state index in [1.54, 1.807) is 0 Å². The number of nitrogens with zero attached hydrogens (tertiary/aromatic N) is 3. The van der Waals surface area contributed by atoms with E-state index in [2.05, 4.69) is 27.8 Å². The Labute approximate surface area is 126 Å². The molecule has 0 amide bonds. The summed E-state index contributed by atoms with van der Waals surface area (Å²) >= 11 is 0. The molecule has 1 aromatic heterocycles. The van der Waals surface area contributed by atoms with Gasteiger partial charge in [-0.05, 0) is 25.5 Å². The number of hydrogen-bond donors (Lipinski definition) is 1. The summed E-state index contributed by atoms with van der Waals surface area (Å²) in [5, 5.41) is 15.1.